The Morgan fingerprint density at radius 3 is 2.09 bits per heavy atom. The summed E-state index contributed by atoms with van der Waals surface area (Å²) in [6, 6.07) is 11.0. The number of anilines is 2. The van der Waals surface area contributed by atoms with E-state index in [1.54, 1.807) is 18.5 Å². The predicted molar refractivity (Wildman–Crippen MR) is 91.7 cm³/mol. The fraction of sp³-hybridized carbons (Fsp3) is 0.118. The van der Waals surface area contributed by atoms with Gasteiger partial charge < -0.3 is 10.6 Å². The Morgan fingerprint density at radius 2 is 1.48 bits per heavy atom. The molecule has 0 fully saturated rings. The SMILES string of the molecule is O=c1c(NCc2ccncc2)c(NCc2cccc(Cl)c2)c1=O. The minimum absolute atomic E-state index is 0.323. The molecule has 1 heterocycles. The molecular formula is C17H14ClN3O2. The molecule has 5 nitrogen and oxygen atoms in total. The van der Waals surface area contributed by atoms with E-state index in [9.17, 15) is 9.59 Å². The van der Waals surface area contributed by atoms with Gasteiger partial charge in [-0.3, -0.25) is 14.6 Å². The molecule has 23 heavy (non-hydrogen) atoms. The Balaban J connectivity index is 1.68. The molecule has 0 spiro atoms. The van der Waals surface area contributed by atoms with Gasteiger partial charge in [0.15, 0.2) is 0 Å². The summed E-state index contributed by atoms with van der Waals surface area (Å²) in [5, 5.41) is 6.64. The summed E-state index contributed by atoms with van der Waals surface area (Å²) in [7, 11) is 0. The molecule has 0 aliphatic rings. The first-order chi connectivity index (χ1) is 11.1. The van der Waals surface area contributed by atoms with E-state index in [1.807, 2.05) is 30.3 Å². The van der Waals surface area contributed by atoms with E-state index in [0.29, 0.717) is 29.5 Å². The largest absolute Gasteiger partial charge is 0.376 e. The monoisotopic (exact) mass is 327 g/mol. The van der Waals surface area contributed by atoms with Crippen molar-refractivity contribution < 1.29 is 0 Å². The van der Waals surface area contributed by atoms with Crippen molar-refractivity contribution in [3.63, 3.8) is 0 Å². The number of nitrogens with zero attached hydrogens (tertiary/aromatic N) is 1. The number of hydrogen-bond acceptors (Lipinski definition) is 5. The highest BCUT2D eigenvalue weighted by Crippen LogP contribution is 2.18. The van der Waals surface area contributed by atoms with Gasteiger partial charge in [-0.15, -0.1) is 0 Å². The number of rotatable bonds is 6. The molecule has 0 saturated heterocycles. The standard InChI is InChI=1S/C17H14ClN3O2/c18-13-3-1-2-12(8-13)10-21-15-14(16(22)17(15)23)20-9-11-4-6-19-7-5-11/h1-8,20-21H,9-10H2. The maximum absolute atomic E-state index is 11.7. The zero-order valence-corrected chi connectivity index (χ0v) is 12.9. The summed E-state index contributed by atoms with van der Waals surface area (Å²) in [4.78, 5) is 27.4. The van der Waals surface area contributed by atoms with Crippen molar-refractivity contribution in [1.82, 2.24) is 4.98 Å². The summed E-state index contributed by atoms with van der Waals surface area (Å²) in [5.74, 6) is 0. The van der Waals surface area contributed by atoms with E-state index in [4.69, 9.17) is 11.6 Å². The highest BCUT2D eigenvalue weighted by atomic mass is 35.5. The zero-order valence-electron chi connectivity index (χ0n) is 12.2. The molecule has 0 atom stereocenters. The minimum atomic E-state index is -0.496. The van der Waals surface area contributed by atoms with Gasteiger partial charge in [0.25, 0.3) is 10.9 Å². The van der Waals surface area contributed by atoms with Gasteiger partial charge in [-0.1, -0.05) is 23.7 Å². The molecule has 3 aromatic rings. The Bertz CT molecular complexity index is 886. The topological polar surface area (TPSA) is 71.1 Å². The van der Waals surface area contributed by atoms with Crippen LogP contribution in [0.15, 0.2) is 58.4 Å². The first-order valence-corrected chi connectivity index (χ1v) is 7.47. The molecule has 3 rings (SSSR count). The van der Waals surface area contributed by atoms with Gasteiger partial charge in [0.05, 0.1) is 0 Å². The summed E-state index contributed by atoms with van der Waals surface area (Å²) in [6.07, 6.45) is 3.36. The molecule has 0 radical (unpaired) electrons. The highest BCUT2D eigenvalue weighted by molar-refractivity contribution is 6.30. The van der Waals surface area contributed by atoms with Crippen molar-refractivity contribution in [1.29, 1.82) is 0 Å². The fourth-order valence-corrected chi connectivity index (χ4v) is 2.47. The number of pyridine rings is 1. The number of aromatic nitrogens is 1. The molecular weight excluding hydrogens is 314 g/mol. The second kappa shape index (κ2) is 6.62. The van der Waals surface area contributed by atoms with Crippen LogP contribution in [-0.4, -0.2) is 4.98 Å². The van der Waals surface area contributed by atoms with Crippen molar-refractivity contribution >= 4 is 23.0 Å². The second-order valence-corrected chi connectivity index (χ2v) is 5.54. The first-order valence-electron chi connectivity index (χ1n) is 7.09. The molecule has 116 valence electrons. The molecule has 0 unspecified atom stereocenters. The predicted octanol–water partition coefficient (Wildman–Crippen LogP) is 2.56. The zero-order chi connectivity index (χ0) is 16.2. The smallest absolute Gasteiger partial charge is 0.253 e. The van der Waals surface area contributed by atoms with Crippen LogP contribution in [0.2, 0.25) is 5.02 Å². The molecule has 0 saturated carbocycles. The number of hydrogen-bond donors (Lipinski definition) is 2. The van der Waals surface area contributed by atoms with Crippen LogP contribution < -0.4 is 21.5 Å². The van der Waals surface area contributed by atoms with Gasteiger partial charge in [0.2, 0.25) is 0 Å². The van der Waals surface area contributed by atoms with Crippen molar-refractivity contribution in [2.45, 2.75) is 13.1 Å². The minimum Gasteiger partial charge on any atom is -0.376 e. The van der Waals surface area contributed by atoms with Crippen LogP contribution >= 0.6 is 11.6 Å². The van der Waals surface area contributed by atoms with Crippen molar-refractivity contribution in [2.75, 3.05) is 10.6 Å². The summed E-state index contributed by atoms with van der Waals surface area (Å²) in [5.41, 5.74) is 1.58. The van der Waals surface area contributed by atoms with Gasteiger partial charge in [0.1, 0.15) is 11.4 Å². The van der Waals surface area contributed by atoms with Gasteiger partial charge in [0, 0.05) is 30.5 Å². The third-order valence-electron chi connectivity index (χ3n) is 3.49. The van der Waals surface area contributed by atoms with Crippen LogP contribution in [-0.2, 0) is 13.1 Å². The van der Waals surface area contributed by atoms with E-state index in [0.717, 1.165) is 11.1 Å². The number of benzene rings is 1. The maximum Gasteiger partial charge on any atom is 0.253 e. The lowest BCUT2D eigenvalue weighted by Gasteiger charge is -2.15. The van der Waals surface area contributed by atoms with Crippen LogP contribution in [0.25, 0.3) is 0 Å². The van der Waals surface area contributed by atoms with Crippen LogP contribution in [0.3, 0.4) is 0 Å². The average molecular weight is 328 g/mol. The fourth-order valence-electron chi connectivity index (χ4n) is 2.26. The summed E-state index contributed by atoms with van der Waals surface area (Å²) >= 11 is 5.93. The van der Waals surface area contributed by atoms with Crippen LogP contribution in [0, 0.1) is 0 Å². The molecule has 0 aliphatic carbocycles. The Labute approximate surface area is 137 Å². The molecule has 6 heteroatoms. The van der Waals surface area contributed by atoms with Crippen LogP contribution in [0.1, 0.15) is 11.1 Å². The van der Waals surface area contributed by atoms with Crippen LogP contribution in [0.5, 0.6) is 0 Å². The van der Waals surface area contributed by atoms with Gasteiger partial charge in [-0.25, -0.2) is 0 Å². The van der Waals surface area contributed by atoms with E-state index in [1.165, 1.54) is 0 Å². The van der Waals surface area contributed by atoms with Crippen LogP contribution in [0.4, 0.5) is 11.4 Å². The highest BCUT2D eigenvalue weighted by Gasteiger charge is 2.20. The van der Waals surface area contributed by atoms with E-state index >= 15 is 0 Å². The third kappa shape index (κ3) is 3.40. The lowest BCUT2D eigenvalue weighted by Crippen LogP contribution is -2.37. The lowest BCUT2D eigenvalue weighted by molar-refractivity contribution is 1.08. The van der Waals surface area contributed by atoms with Crippen molar-refractivity contribution in [3.8, 4) is 0 Å². The number of nitrogens with one attached hydrogen (secondary N) is 2. The Hall–Kier alpha value is -2.66. The van der Waals surface area contributed by atoms with E-state index in [2.05, 4.69) is 15.6 Å². The molecule has 0 aliphatic heterocycles. The Kier molecular flexibility index (Phi) is 4.39. The lowest BCUT2D eigenvalue weighted by atomic mass is 10.1. The number of halogens is 1. The maximum atomic E-state index is 11.7. The molecule has 2 aromatic carbocycles. The summed E-state index contributed by atoms with van der Waals surface area (Å²) in [6.45, 7) is 0.884. The molecule has 0 amide bonds. The van der Waals surface area contributed by atoms with E-state index in [-0.39, 0.29) is 0 Å². The Morgan fingerprint density at radius 1 is 0.870 bits per heavy atom. The molecule has 2 N–H and O–H groups in total. The quantitative estimate of drug-likeness (QED) is 0.681. The average Bonchev–Trinajstić information content (AvgIpc) is 2.58. The normalized spacial score (nSPS) is 10.7. The molecule has 1 aromatic heterocycles. The van der Waals surface area contributed by atoms with Gasteiger partial charge in [-0.05, 0) is 35.4 Å². The van der Waals surface area contributed by atoms with Gasteiger partial charge >= 0.3 is 0 Å². The summed E-state index contributed by atoms with van der Waals surface area (Å²) < 4.78 is 0. The molecule has 0 bridgehead atoms. The van der Waals surface area contributed by atoms with Crippen molar-refractivity contribution in [3.05, 3.63) is 85.4 Å². The van der Waals surface area contributed by atoms with E-state index < -0.39 is 10.9 Å². The van der Waals surface area contributed by atoms with Crippen molar-refractivity contribution in [2.24, 2.45) is 0 Å². The third-order valence-corrected chi connectivity index (χ3v) is 3.72. The second-order valence-electron chi connectivity index (χ2n) is 5.10. The first kappa shape index (κ1) is 15.2. The van der Waals surface area contributed by atoms with Gasteiger partial charge in [-0.2, -0.15) is 0 Å².